The smallest absolute Gasteiger partial charge is 0.0217 e. The highest BCUT2D eigenvalue weighted by Crippen LogP contribution is 2.12. The van der Waals surface area contributed by atoms with Gasteiger partial charge in [-0.1, -0.05) is 36.4 Å². The van der Waals surface area contributed by atoms with Crippen molar-refractivity contribution in [3.05, 3.63) is 59.7 Å². The van der Waals surface area contributed by atoms with E-state index >= 15 is 0 Å². The molecule has 0 aliphatic heterocycles. The van der Waals surface area contributed by atoms with Gasteiger partial charge in [0.25, 0.3) is 0 Å². The van der Waals surface area contributed by atoms with Crippen molar-refractivity contribution in [2.24, 2.45) is 0 Å². The van der Waals surface area contributed by atoms with Gasteiger partial charge in [-0.05, 0) is 23.3 Å². The van der Waals surface area contributed by atoms with E-state index in [9.17, 15) is 0 Å². The molecule has 5 heteroatoms. The highest BCUT2D eigenvalue weighted by Gasteiger charge is 1.97. The monoisotopic (exact) mass is 347 g/mol. The molecule has 0 aliphatic rings. The number of hydrogen-bond donors (Lipinski definition) is 5. The lowest BCUT2D eigenvalue weighted by Gasteiger charge is -2.09. The Morgan fingerprint density at radius 3 is 1.39 bits per heavy atom. The van der Waals surface area contributed by atoms with Crippen molar-refractivity contribution in [3.8, 4) is 0 Å². The molecule has 3 nitrogen and oxygen atoms in total. The first-order valence-corrected chi connectivity index (χ1v) is 8.82. The minimum Gasteiger partial charge on any atom is -0.314 e. The summed E-state index contributed by atoms with van der Waals surface area (Å²) >= 11 is 8.90. The molecule has 23 heavy (non-hydrogen) atoms. The van der Waals surface area contributed by atoms with Gasteiger partial charge in [-0.2, -0.15) is 0 Å². The molecule has 0 bridgehead atoms. The Bertz CT molecular complexity index is 538. The fourth-order valence-corrected chi connectivity index (χ4v) is 2.72. The largest absolute Gasteiger partial charge is 0.314 e. The summed E-state index contributed by atoms with van der Waals surface area (Å²) in [5.74, 6) is 0. The maximum absolute atomic E-state index is 4.45. The van der Waals surface area contributed by atoms with Crippen LogP contribution < -0.4 is 16.0 Å². The lowest BCUT2D eigenvalue weighted by atomic mass is 10.2. The predicted octanol–water partition coefficient (Wildman–Crippen LogP) is 2.73. The average molecular weight is 348 g/mol. The molecule has 0 saturated heterocycles. The van der Waals surface area contributed by atoms with E-state index in [-0.39, 0.29) is 0 Å². The summed E-state index contributed by atoms with van der Waals surface area (Å²) in [6.45, 7) is 5.53. The summed E-state index contributed by atoms with van der Waals surface area (Å²) in [5, 5.41) is 10.3. The zero-order valence-electron chi connectivity index (χ0n) is 13.3. The Labute approximate surface area is 150 Å². The van der Waals surface area contributed by atoms with Gasteiger partial charge in [-0.15, -0.1) is 25.3 Å². The maximum atomic E-state index is 4.45. The molecule has 0 saturated carbocycles. The van der Waals surface area contributed by atoms with Gasteiger partial charge in [0.05, 0.1) is 0 Å². The van der Waals surface area contributed by atoms with E-state index in [1.165, 1.54) is 11.1 Å². The normalized spacial score (nSPS) is 10.9. The van der Waals surface area contributed by atoms with Crippen molar-refractivity contribution < 1.29 is 0 Å². The van der Waals surface area contributed by atoms with Gasteiger partial charge in [-0.3, -0.25) is 0 Å². The quantitative estimate of drug-likeness (QED) is 0.339. The summed E-state index contributed by atoms with van der Waals surface area (Å²) in [4.78, 5) is 2.09. The standard InChI is InChI=1S/C18H25N3S2/c22-17-7-3-1-5-15(17)13-20-11-9-19-10-12-21-14-16-6-2-4-8-18(16)23/h1-8,19-23H,9-14H2. The highest BCUT2D eigenvalue weighted by atomic mass is 32.1. The summed E-state index contributed by atoms with van der Waals surface area (Å²) in [5.41, 5.74) is 2.48. The molecule has 0 spiro atoms. The second-order valence-corrected chi connectivity index (χ2v) is 6.32. The van der Waals surface area contributed by atoms with Crippen LogP contribution in [0.15, 0.2) is 58.3 Å². The highest BCUT2D eigenvalue weighted by molar-refractivity contribution is 7.80. The predicted molar refractivity (Wildman–Crippen MR) is 104 cm³/mol. The molecule has 0 aliphatic carbocycles. The van der Waals surface area contributed by atoms with Crippen molar-refractivity contribution >= 4 is 25.3 Å². The second kappa shape index (κ2) is 10.7. The fraction of sp³-hybridized carbons (Fsp3) is 0.333. The molecule has 2 rings (SSSR count). The van der Waals surface area contributed by atoms with Crippen LogP contribution in [-0.4, -0.2) is 26.2 Å². The van der Waals surface area contributed by atoms with Gasteiger partial charge in [0.2, 0.25) is 0 Å². The minimum atomic E-state index is 0.859. The maximum Gasteiger partial charge on any atom is 0.0217 e. The van der Waals surface area contributed by atoms with Gasteiger partial charge in [-0.25, -0.2) is 0 Å². The molecule has 0 atom stereocenters. The van der Waals surface area contributed by atoms with Gasteiger partial charge >= 0.3 is 0 Å². The Morgan fingerprint density at radius 1 is 0.565 bits per heavy atom. The molecule has 0 aromatic heterocycles. The number of nitrogens with one attached hydrogen (secondary N) is 3. The van der Waals surface area contributed by atoms with Crippen molar-refractivity contribution in [2.75, 3.05) is 26.2 Å². The number of benzene rings is 2. The molecule has 0 radical (unpaired) electrons. The van der Waals surface area contributed by atoms with Crippen LogP contribution >= 0.6 is 25.3 Å². The van der Waals surface area contributed by atoms with E-state index in [0.717, 1.165) is 49.1 Å². The number of hydrogen-bond acceptors (Lipinski definition) is 5. The van der Waals surface area contributed by atoms with Crippen LogP contribution in [0.25, 0.3) is 0 Å². The van der Waals surface area contributed by atoms with Gasteiger partial charge in [0.15, 0.2) is 0 Å². The van der Waals surface area contributed by atoms with E-state index in [1.54, 1.807) is 0 Å². The molecular formula is C18H25N3S2. The molecule has 3 N–H and O–H groups in total. The molecule has 0 amide bonds. The Balaban J connectivity index is 1.47. The first-order chi connectivity index (χ1) is 11.3. The zero-order chi connectivity index (χ0) is 16.3. The average Bonchev–Trinajstić information content (AvgIpc) is 2.56. The van der Waals surface area contributed by atoms with Crippen LogP contribution in [0.5, 0.6) is 0 Å². The number of rotatable bonds is 10. The molecular weight excluding hydrogens is 322 g/mol. The third-order valence-corrected chi connectivity index (χ3v) is 4.44. The van der Waals surface area contributed by atoms with E-state index < -0.39 is 0 Å². The zero-order valence-corrected chi connectivity index (χ0v) is 15.0. The van der Waals surface area contributed by atoms with Crippen LogP contribution in [0.4, 0.5) is 0 Å². The molecule has 0 heterocycles. The van der Waals surface area contributed by atoms with Crippen molar-refractivity contribution in [3.63, 3.8) is 0 Å². The fourth-order valence-electron chi connectivity index (χ4n) is 2.25. The van der Waals surface area contributed by atoms with Crippen LogP contribution in [0, 0.1) is 0 Å². The van der Waals surface area contributed by atoms with Gasteiger partial charge < -0.3 is 16.0 Å². The lowest BCUT2D eigenvalue weighted by molar-refractivity contribution is 0.578. The topological polar surface area (TPSA) is 36.1 Å². The van der Waals surface area contributed by atoms with Crippen molar-refractivity contribution in [2.45, 2.75) is 22.9 Å². The third kappa shape index (κ3) is 6.97. The Morgan fingerprint density at radius 2 is 0.957 bits per heavy atom. The summed E-state index contributed by atoms with van der Waals surface area (Å²) in [6, 6.07) is 16.4. The van der Waals surface area contributed by atoms with E-state index in [2.05, 4.69) is 53.3 Å². The van der Waals surface area contributed by atoms with Crippen LogP contribution in [0.3, 0.4) is 0 Å². The molecule has 0 unspecified atom stereocenters. The summed E-state index contributed by atoms with van der Waals surface area (Å²) in [6.07, 6.45) is 0. The van der Waals surface area contributed by atoms with Crippen molar-refractivity contribution in [1.29, 1.82) is 0 Å². The molecule has 2 aromatic rings. The van der Waals surface area contributed by atoms with Gasteiger partial charge in [0.1, 0.15) is 0 Å². The molecule has 0 fully saturated rings. The Hall–Kier alpha value is -0.980. The summed E-state index contributed by atoms with van der Waals surface area (Å²) < 4.78 is 0. The van der Waals surface area contributed by atoms with E-state index in [0.29, 0.717) is 0 Å². The third-order valence-electron chi connectivity index (χ3n) is 3.57. The first-order valence-electron chi connectivity index (χ1n) is 7.93. The lowest BCUT2D eigenvalue weighted by Crippen LogP contribution is -2.32. The van der Waals surface area contributed by atoms with Crippen LogP contribution in [0.1, 0.15) is 11.1 Å². The molecule has 124 valence electrons. The van der Waals surface area contributed by atoms with Gasteiger partial charge in [0, 0.05) is 49.1 Å². The van der Waals surface area contributed by atoms with Crippen molar-refractivity contribution in [1.82, 2.24) is 16.0 Å². The summed E-state index contributed by atoms with van der Waals surface area (Å²) in [7, 11) is 0. The molecule has 2 aromatic carbocycles. The Kier molecular flexibility index (Phi) is 8.57. The number of thiol groups is 2. The minimum absolute atomic E-state index is 0.859. The van der Waals surface area contributed by atoms with Crippen LogP contribution in [-0.2, 0) is 13.1 Å². The van der Waals surface area contributed by atoms with E-state index in [4.69, 9.17) is 0 Å². The second-order valence-electron chi connectivity index (χ2n) is 5.36. The van der Waals surface area contributed by atoms with Crippen LogP contribution in [0.2, 0.25) is 0 Å². The SMILES string of the molecule is Sc1ccccc1CNCCNCCNCc1ccccc1S. The van der Waals surface area contributed by atoms with E-state index in [1.807, 2.05) is 36.4 Å². The first kappa shape index (κ1) is 18.4.